The Morgan fingerprint density at radius 3 is 2.81 bits per heavy atom. The van der Waals surface area contributed by atoms with Crippen LogP contribution in [0.2, 0.25) is 0 Å². The van der Waals surface area contributed by atoms with Gasteiger partial charge in [-0.2, -0.15) is 0 Å². The lowest BCUT2D eigenvalue weighted by Crippen LogP contribution is -2.23. The molecule has 1 fully saturated rings. The van der Waals surface area contributed by atoms with E-state index in [4.69, 9.17) is 8.92 Å². The summed E-state index contributed by atoms with van der Waals surface area (Å²) in [6.45, 7) is 1.57. The predicted octanol–water partition coefficient (Wildman–Crippen LogP) is 4.04. The van der Waals surface area contributed by atoms with E-state index in [0.29, 0.717) is 6.61 Å². The first-order valence-electron chi connectivity index (χ1n) is 5.51. The number of halogens is 1. The van der Waals surface area contributed by atoms with Gasteiger partial charge in [0.15, 0.2) is 0 Å². The van der Waals surface area contributed by atoms with Crippen LogP contribution < -0.4 is 0 Å². The zero-order valence-corrected chi connectivity index (χ0v) is 11.4. The molecule has 1 aliphatic rings. The molecule has 0 N–H and O–H groups in total. The normalized spacial score (nSPS) is 20.9. The van der Waals surface area contributed by atoms with E-state index >= 15 is 0 Å². The molecule has 1 aliphatic heterocycles. The first-order valence-corrected chi connectivity index (χ1v) is 7.05. The zero-order chi connectivity index (χ0) is 11.2. The minimum Gasteiger partial charge on any atom is -0.376 e. The van der Waals surface area contributed by atoms with E-state index in [2.05, 4.69) is 15.9 Å². The molecule has 1 unspecified atom stereocenters. The van der Waals surface area contributed by atoms with Gasteiger partial charge in [0.2, 0.25) is 0 Å². The van der Waals surface area contributed by atoms with Gasteiger partial charge in [-0.05, 0) is 43.5 Å². The molecule has 4 heteroatoms. The summed E-state index contributed by atoms with van der Waals surface area (Å²) in [5, 5.41) is 0. The Labute approximate surface area is 109 Å². The van der Waals surface area contributed by atoms with Gasteiger partial charge in [-0.15, -0.1) is 0 Å². The molecule has 0 spiro atoms. The summed E-state index contributed by atoms with van der Waals surface area (Å²) in [5.41, 5.74) is 0. The topological polar surface area (TPSA) is 18.5 Å². The standard InChI is InChI=1S/C12H15BrO2S/c13-10-4-6-12(7-5-10)16-15-9-11-3-1-2-8-14-11/h4-7,11H,1-3,8-9H2. The van der Waals surface area contributed by atoms with E-state index in [1.807, 2.05) is 24.3 Å². The van der Waals surface area contributed by atoms with Crippen LogP contribution in [0.1, 0.15) is 19.3 Å². The Kier molecular flexibility index (Phi) is 5.16. The third-order valence-electron chi connectivity index (χ3n) is 2.50. The quantitative estimate of drug-likeness (QED) is 0.782. The Bertz CT molecular complexity index is 309. The summed E-state index contributed by atoms with van der Waals surface area (Å²) in [4.78, 5) is 1.12. The van der Waals surface area contributed by atoms with Gasteiger partial charge in [0, 0.05) is 28.0 Å². The van der Waals surface area contributed by atoms with E-state index in [1.54, 1.807) is 0 Å². The number of benzene rings is 1. The third kappa shape index (κ3) is 4.09. The van der Waals surface area contributed by atoms with E-state index in [9.17, 15) is 0 Å². The molecule has 0 saturated carbocycles. The second-order valence-corrected chi connectivity index (χ2v) is 5.60. The maximum absolute atomic E-state index is 5.59. The number of hydrogen-bond acceptors (Lipinski definition) is 3. The van der Waals surface area contributed by atoms with Crippen molar-refractivity contribution in [2.24, 2.45) is 0 Å². The van der Waals surface area contributed by atoms with E-state index in [-0.39, 0.29) is 6.10 Å². The molecule has 0 aromatic heterocycles. The Hall–Kier alpha value is -0.0300. The predicted molar refractivity (Wildman–Crippen MR) is 69.5 cm³/mol. The second-order valence-electron chi connectivity index (χ2n) is 3.81. The van der Waals surface area contributed by atoms with E-state index < -0.39 is 0 Å². The summed E-state index contributed by atoms with van der Waals surface area (Å²) in [6, 6.07) is 8.11. The summed E-state index contributed by atoms with van der Waals surface area (Å²) < 4.78 is 12.3. The number of hydrogen-bond donors (Lipinski definition) is 0. The van der Waals surface area contributed by atoms with Gasteiger partial charge in [-0.1, -0.05) is 15.9 Å². The molecular weight excluding hydrogens is 288 g/mol. The van der Waals surface area contributed by atoms with Crippen molar-refractivity contribution in [3.05, 3.63) is 28.7 Å². The lowest BCUT2D eigenvalue weighted by Gasteiger charge is -2.21. The van der Waals surface area contributed by atoms with Crippen molar-refractivity contribution in [3.63, 3.8) is 0 Å². The minimum atomic E-state index is 0.289. The van der Waals surface area contributed by atoms with Crippen molar-refractivity contribution in [2.75, 3.05) is 13.2 Å². The summed E-state index contributed by atoms with van der Waals surface area (Å²) in [5.74, 6) is 0. The molecule has 88 valence electrons. The molecular formula is C12H15BrO2S. The molecule has 1 saturated heterocycles. The third-order valence-corrected chi connectivity index (χ3v) is 3.74. The maximum Gasteiger partial charge on any atom is 0.0880 e. The molecule has 2 nitrogen and oxygen atoms in total. The highest BCUT2D eigenvalue weighted by atomic mass is 79.9. The fraction of sp³-hybridized carbons (Fsp3) is 0.500. The van der Waals surface area contributed by atoms with Crippen molar-refractivity contribution >= 4 is 28.0 Å². The van der Waals surface area contributed by atoms with Crippen molar-refractivity contribution in [1.82, 2.24) is 0 Å². The van der Waals surface area contributed by atoms with Crippen LogP contribution in [0.5, 0.6) is 0 Å². The molecule has 0 radical (unpaired) electrons. The van der Waals surface area contributed by atoms with E-state index in [1.165, 1.54) is 24.9 Å². The summed E-state index contributed by atoms with van der Waals surface area (Å²) in [6.07, 6.45) is 3.87. The highest BCUT2D eigenvalue weighted by Gasteiger charge is 2.13. The molecule has 1 aromatic rings. The van der Waals surface area contributed by atoms with Crippen LogP contribution in [-0.2, 0) is 8.92 Å². The maximum atomic E-state index is 5.59. The first-order chi connectivity index (χ1) is 7.84. The van der Waals surface area contributed by atoms with Crippen LogP contribution in [0, 0.1) is 0 Å². The van der Waals surface area contributed by atoms with Crippen LogP contribution in [-0.4, -0.2) is 19.3 Å². The van der Waals surface area contributed by atoms with Crippen LogP contribution in [0.15, 0.2) is 33.6 Å². The Balaban J connectivity index is 1.69. The average Bonchev–Trinajstić information content (AvgIpc) is 2.33. The fourth-order valence-electron chi connectivity index (χ4n) is 1.61. The van der Waals surface area contributed by atoms with E-state index in [0.717, 1.165) is 22.4 Å². The lowest BCUT2D eigenvalue weighted by molar-refractivity contribution is -0.00704. The van der Waals surface area contributed by atoms with Crippen molar-refractivity contribution in [1.29, 1.82) is 0 Å². The van der Waals surface area contributed by atoms with Crippen molar-refractivity contribution in [2.45, 2.75) is 30.3 Å². The van der Waals surface area contributed by atoms with Crippen molar-refractivity contribution in [3.8, 4) is 0 Å². The first kappa shape index (κ1) is 12.4. The monoisotopic (exact) mass is 302 g/mol. The molecule has 1 atom stereocenters. The van der Waals surface area contributed by atoms with Gasteiger partial charge in [0.1, 0.15) is 0 Å². The Morgan fingerprint density at radius 2 is 2.12 bits per heavy atom. The molecule has 0 amide bonds. The largest absolute Gasteiger partial charge is 0.376 e. The van der Waals surface area contributed by atoms with Crippen molar-refractivity contribution < 1.29 is 8.92 Å². The zero-order valence-electron chi connectivity index (χ0n) is 9.02. The lowest BCUT2D eigenvalue weighted by atomic mass is 10.1. The van der Waals surface area contributed by atoms with Gasteiger partial charge in [0.25, 0.3) is 0 Å². The summed E-state index contributed by atoms with van der Waals surface area (Å²) in [7, 11) is 0. The van der Waals surface area contributed by atoms with Crippen LogP contribution in [0.25, 0.3) is 0 Å². The highest BCUT2D eigenvalue weighted by Crippen LogP contribution is 2.23. The molecule has 0 bridgehead atoms. The van der Waals surface area contributed by atoms with Gasteiger partial charge < -0.3 is 8.92 Å². The number of rotatable bonds is 4. The van der Waals surface area contributed by atoms with Gasteiger partial charge in [0.05, 0.1) is 12.7 Å². The van der Waals surface area contributed by atoms with Gasteiger partial charge >= 0.3 is 0 Å². The SMILES string of the molecule is Brc1ccc(SOCC2CCCCO2)cc1. The minimum absolute atomic E-state index is 0.289. The van der Waals surface area contributed by atoms with Crippen LogP contribution >= 0.6 is 28.0 Å². The van der Waals surface area contributed by atoms with Gasteiger partial charge in [-0.3, -0.25) is 0 Å². The Morgan fingerprint density at radius 1 is 1.31 bits per heavy atom. The van der Waals surface area contributed by atoms with Crippen LogP contribution in [0.3, 0.4) is 0 Å². The highest BCUT2D eigenvalue weighted by molar-refractivity contribution is 9.10. The molecule has 1 aromatic carbocycles. The molecule has 1 heterocycles. The number of ether oxygens (including phenoxy) is 1. The smallest absolute Gasteiger partial charge is 0.0880 e. The molecule has 2 rings (SSSR count). The van der Waals surface area contributed by atoms with Gasteiger partial charge in [-0.25, -0.2) is 0 Å². The van der Waals surface area contributed by atoms with Crippen LogP contribution in [0.4, 0.5) is 0 Å². The molecule has 16 heavy (non-hydrogen) atoms. The second kappa shape index (κ2) is 6.64. The fourth-order valence-corrected chi connectivity index (χ4v) is 2.47. The molecule has 0 aliphatic carbocycles. The summed E-state index contributed by atoms with van der Waals surface area (Å²) >= 11 is 4.83. The average molecular weight is 303 g/mol.